The van der Waals surface area contributed by atoms with Crippen molar-refractivity contribution in [2.75, 3.05) is 0 Å². The summed E-state index contributed by atoms with van der Waals surface area (Å²) in [7, 11) is 0. The molecule has 0 saturated heterocycles. The molecule has 0 bridgehead atoms. The lowest BCUT2D eigenvalue weighted by molar-refractivity contribution is -0.131. The van der Waals surface area contributed by atoms with Gasteiger partial charge in [0.05, 0.1) is 0 Å². The van der Waals surface area contributed by atoms with Gasteiger partial charge in [0.15, 0.2) is 0 Å². The zero-order valence-electron chi connectivity index (χ0n) is 14.7. The molecule has 1 aliphatic rings. The van der Waals surface area contributed by atoms with Crippen LogP contribution in [0.15, 0.2) is 35.5 Å². The molecular weight excluding hydrogens is 272 g/mol. The van der Waals surface area contributed by atoms with Gasteiger partial charge in [-0.3, -0.25) is 9.59 Å². The van der Waals surface area contributed by atoms with Crippen LogP contribution in [0.1, 0.15) is 66.7 Å². The summed E-state index contributed by atoms with van der Waals surface area (Å²) in [5, 5.41) is 0. The predicted molar refractivity (Wildman–Crippen MR) is 92.7 cm³/mol. The quantitative estimate of drug-likeness (QED) is 0.368. The summed E-state index contributed by atoms with van der Waals surface area (Å²) < 4.78 is 0. The van der Waals surface area contributed by atoms with E-state index in [-0.39, 0.29) is 11.2 Å². The molecule has 1 rings (SSSR count). The van der Waals surface area contributed by atoms with Crippen molar-refractivity contribution in [3.8, 4) is 0 Å². The van der Waals surface area contributed by atoms with E-state index in [1.807, 2.05) is 13.0 Å². The van der Waals surface area contributed by atoms with Gasteiger partial charge in [0.1, 0.15) is 0 Å². The Hall–Kier alpha value is -1.44. The molecule has 0 saturated carbocycles. The molecular formula is C20H30O2. The molecule has 1 atom stereocenters. The van der Waals surface area contributed by atoms with Gasteiger partial charge in [-0.25, -0.2) is 0 Å². The average Bonchev–Trinajstić information content (AvgIpc) is 2.45. The van der Waals surface area contributed by atoms with Crippen LogP contribution in [0.3, 0.4) is 0 Å². The number of rotatable bonds is 7. The first-order valence-electron chi connectivity index (χ1n) is 8.38. The van der Waals surface area contributed by atoms with Gasteiger partial charge in [0.2, 0.25) is 11.6 Å². The highest BCUT2D eigenvalue weighted by atomic mass is 16.2. The number of carbonyl (C=O) groups is 2. The number of hydrogen-bond acceptors (Lipinski definition) is 2. The van der Waals surface area contributed by atoms with Gasteiger partial charge in [0, 0.05) is 0 Å². The summed E-state index contributed by atoms with van der Waals surface area (Å²) in [6, 6.07) is 0. The maximum atomic E-state index is 12.1. The second kappa shape index (κ2) is 8.26. The van der Waals surface area contributed by atoms with E-state index >= 15 is 0 Å². The van der Waals surface area contributed by atoms with E-state index in [1.54, 1.807) is 13.0 Å². The predicted octanol–water partition coefficient (Wildman–Crippen LogP) is 5.20. The highest BCUT2D eigenvalue weighted by Gasteiger charge is 2.32. The van der Waals surface area contributed by atoms with E-state index in [4.69, 9.17) is 0 Å². The van der Waals surface area contributed by atoms with Crippen LogP contribution in [0.2, 0.25) is 0 Å². The molecule has 0 aliphatic heterocycles. The summed E-state index contributed by atoms with van der Waals surface area (Å²) in [5.41, 5.74) is 2.23. The number of allylic oxidation sites excluding steroid dienone is 6. The lowest BCUT2D eigenvalue weighted by atomic mass is 9.67. The van der Waals surface area contributed by atoms with Crippen LogP contribution in [0, 0.1) is 11.3 Å². The van der Waals surface area contributed by atoms with Crippen LogP contribution in [0.5, 0.6) is 0 Å². The third-order valence-corrected chi connectivity index (χ3v) is 4.71. The first-order chi connectivity index (χ1) is 10.3. The lowest BCUT2D eigenvalue weighted by Gasteiger charge is -2.38. The molecule has 0 aromatic carbocycles. The monoisotopic (exact) mass is 302 g/mol. The van der Waals surface area contributed by atoms with Crippen LogP contribution in [-0.4, -0.2) is 11.6 Å². The molecule has 0 N–H and O–H groups in total. The fourth-order valence-corrected chi connectivity index (χ4v) is 3.12. The minimum absolute atomic E-state index is 0.254. The minimum Gasteiger partial charge on any atom is -0.286 e. The van der Waals surface area contributed by atoms with E-state index in [9.17, 15) is 9.59 Å². The summed E-state index contributed by atoms with van der Waals surface area (Å²) in [4.78, 5) is 23.9. The smallest absolute Gasteiger partial charge is 0.228 e. The van der Waals surface area contributed by atoms with Crippen LogP contribution >= 0.6 is 0 Å². The van der Waals surface area contributed by atoms with E-state index in [1.165, 1.54) is 18.1 Å². The van der Waals surface area contributed by atoms with Gasteiger partial charge < -0.3 is 0 Å². The van der Waals surface area contributed by atoms with Gasteiger partial charge in [-0.05, 0) is 62.5 Å². The number of hydrogen-bond donors (Lipinski definition) is 0. The topological polar surface area (TPSA) is 34.1 Å². The second-order valence-corrected chi connectivity index (χ2v) is 7.04. The highest BCUT2D eigenvalue weighted by molar-refractivity contribution is 6.47. The molecule has 0 fully saturated rings. The largest absolute Gasteiger partial charge is 0.286 e. The number of ketones is 2. The molecule has 1 unspecified atom stereocenters. The summed E-state index contributed by atoms with van der Waals surface area (Å²) in [6.45, 7) is 10.6. The summed E-state index contributed by atoms with van der Waals surface area (Å²) in [5.74, 6) is -0.324. The summed E-state index contributed by atoms with van der Waals surface area (Å²) in [6.07, 6.45) is 12.4. The molecule has 0 aromatic heterocycles. The Morgan fingerprint density at radius 2 is 2.05 bits per heavy atom. The van der Waals surface area contributed by atoms with Crippen LogP contribution < -0.4 is 0 Å². The zero-order valence-corrected chi connectivity index (χ0v) is 14.7. The Morgan fingerprint density at radius 1 is 1.36 bits per heavy atom. The van der Waals surface area contributed by atoms with Gasteiger partial charge >= 0.3 is 0 Å². The van der Waals surface area contributed by atoms with Crippen molar-refractivity contribution in [3.05, 3.63) is 35.5 Å². The summed E-state index contributed by atoms with van der Waals surface area (Å²) >= 11 is 0. The molecule has 1 aliphatic carbocycles. The van der Waals surface area contributed by atoms with Crippen molar-refractivity contribution in [3.63, 3.8) is 0 Å². The van der Waals surface area contributed by atoms with Crippen molar-refractivity contribution >= 4 is 11.6 Å². The molecule has 0 amide bonds. The second-order valence-electron chi connectivity index (χ2n) is 7.04. The Bertz CT molecular complexity index is 504. The first-order valence-corrected chi connectivity index (χ1v) is 8.38. The Morgan fingerprint density at radius 3 is 2.64 bits per heavy atom. The van der Waals surface area contributed by atoms with Gasteiger partial charge in [0.25, 0.3) is 0 Å². The molecule has 2 heteroatoms. The van der Waals surface area contributed by atoms with Gasteiger partial charge in [-0.15, -0.1) is 0 Å². The first kappa shape index (κ1) is 18.6. The molecule has 0 radical (unpaired) electrons. The van der Waals surface area contributed by atoms with Crippen molar-refractivity contribution in [1.29, 1.82) is 0 Å². The molecule has 2 nitrogen and oxygen atoms in total. The molecule has 0 spiro atoms. The zero-order chi connectivity index (χ0) is 16.8. The van der Waals surface area contributed by atoms with Crippen LogP contribution in [0.4, 0.5) is 0 Å². The van der Waals surface area contributed by atoms with Crippen molar-refractivity contribution in [2.45, 2.75) is 66.7 Å². The third kappa shape index (κ3) is 5.08. The van der Waals surface area contributed by atoms with Crippen LogP contribution in [-0.2, 0) is 9.59 Å². The molecule has 122 valence electrons. The fraction of sp³-hybridized carbons (Fsp3) is 0.600. The minimum atomic E-state index is -0.405. The standard InChI is InChI=1S/C20H30O2/c1-6-7-8-11-18(21)19(22)16(3)12-13-17-15(2)10-9-14-20(17,4)5/h8,10-12,17H,6-7,9,13-14H2,1-5H3. The Labute approximate surface area is 135 Å². The third-order valence-electron chi connectivity index (χ3n) is 4.71. The van der Waals surface area contributed by atoms with E-state index in [0.29, 0.717) is 11.5 Å². The van der Waals surface area contributed by atoms with E-state index in [0.717, 1.165) is 25.7 Å². The van der Waals surface area contributed by atoms with Crippen molar-refractivity contribution in [2.24, 2.45) is 11.3 Å². The Kier molecular flexibility index (Phi) is 6.99. The normalized spacial score (nSPS) is 21.8. The van der Waals surface area contributed by atoms with E-state index < -0.39 is 5.78 Å². The average molecular weight is 302 g/mol. The van der Waals surface area contributed by atoms with Gasteiger partial charge in [-0.2, -0.15) is 0 Å². The van der Waals surface area contributed by atoms with Crippen molar-refractivity contribution in [1.82, 2.24) is 0 Å². The Balaban J connectivity index is 2.72. The highest BCUT2D eigenvalue weighted by Crippen LogP contribution is 2.42. The lowest BCUT2D eigenvalue weighted by Crippen LogP contribution is -2.27. The number of carbonyl (C=O) groups excluding carboxylic acids is 2. The SMILES string of the molecule is CCCC=CC(=O)C(=O)C(C)=CCC1C(C)=CCCC1(C)C. The maximum absolute atomic E-state index is 12.1. The number of unbranched alkanes of at least 4 members (excludes halogenated alkanes) is 1. The maximum Gasteiger partial charge on any atom is 0.228 e. The molecule has 0 aromatic rings. The molecule has 0 heterocycles. The van der Waals surface area contributed by atoms with E-state index in [2.05, 4.69) is 26.8 Å². The van der Waals surface area contributed by atoms with Gasteiger partial charge in [-0.1, -0.05) is 51.0 Å². The fourth-order valence-electron chi connectivity index (χ4n) is 3.12. The molecule has 22 heavy (non-hydrogen) atoms. The van der Waals surface area contributed by atoms with Crippen molar-refractivity contribution < 1.29 is 9.59 Å². The number of Topliss-reactive ketones (excluding diaryl/α,β-unsaturated/α-hetero) is 1. The van der Waals surface area contributed by atoms with Crippen LogP contribution in [0.25, 0.3) is 0 Å².